The molecule has 5 heteroatoms. The van der Waals surface area contributed by atoms with Crippen LogP contribution < -0.4 is 5.32 Å². The molecule has 0 saturated carbocycles. The first-order valence-corrected chi connectivity index (χ1v) is 6.17. The number of nitrogens with one attached hydrogen (secondary N) is 2. The van der Waals surface area contributed by atoms with E-state index in [1.807, 2.05) is 24.3 Å². The Morgan fingerprint density at radius 3 is 2.32 bits per heavy atom. The van der Waals surface area contributed by atoms with Crippen molar-refractivity contribution in [2.24, 2.45) is 0 Å². The van der Waals surface area contributed by atoms with Crippen LogP contribution in [0.2, 0.25) is 0 Å². The maximum atomic E-state index is 11.9. The van der Waals surface area contributed by atoms with Crippen LogP contribution in [0.4, 0.5) is 5.69 Å². The summed E-state index contributed by atoms with van der Waals surface area (Å²) in [6, 6.07) is 7.80. The monoisotopic (exact) mass is 258 g/mol. The van der Waals surface area contributed by atoms with E-state index >= 15 is 0 Å². The Morgan fingerprint density at radius 2 is 1.84 bits per heavy atom. The van der Waals surface area contributed by atoms with Crippen molar-refractivity contribution in [3.8, 4) is 0 Å². The number of aryl methyl sites for hydroxylation is 1. The van der Waals surface area contributed by atoms with Crippen molar-refractivity contribution in [1.29, 1.82) is 0 Å². The van der Waals surface area contributed by atoms with Crippen LogP contribution >= 0.6 is 0 Å². The molecule has 1 aromatic carbocycles. The number of carbonyl (C=O) groups is 1. The fraction of sp³-hybridized carbons (Fsp3) is 0.357. The van der Waals surface area contributed by atoms with Crippen molar-refractivity contribution in [3.63, 3.8) is 0 Å². The number of aromatic nitrogens is 3. The Bertz CT molecular complexity index is 578. The number of carbonyl (C=O) groups excluding carboxylic acids is 1. The van der Waals surface area contributed by atoms with Crippen LogP contribution in [0.3, 0.4) is 0 Å². The van der Waals surface area contributed by atoms with Crippen molar-refractivity contribution in [2.75, 3.05) is 5.32 Å². The van der Waals surface area contributed by atoms with Crippen LogP contribution in [0.1, 0.15) is 42.8 Å². The van der Waals surface area contributed by atoms with Crippen LogP contribution in [-0.2, 0) is 5.41 Å². The van der Waals surface area contributed by atoms with Gasteiger partial charge in [-0.15, -0.1) is 5.10 Å². The van der Waals surface area contributed by atoms with Crippen LogP contribution in [0.15, 0.2) is 24.3 Å². The van der Waals surface area contributed by atoms with Crippen molar-refractivity contribution in [2.45, 2.75) is 33.1 Å². The van der Waals surface area contributed by atoms with E-state index in [4.69, 9.17) is 0 Å². The SMILES string of the molecule is Cc1nc(C(=O)Nc2ccc(C(C)(C)C)cc2)n[nH]1. The minimum absolute atomic E-state index is 0.101. The van der Waals surface area contributed by atoms with Gasteiger partial charge < -0.3 is 5.32 Å². The zero-order valence-corrected chi connectivity index (χ0v) is 11.6. The van der Waals surface area contributed by atoms with Gasteiger partial charge in [0.05, 0.1) is 0 Å². The topological polar surface area (TPSA) is 70.7 Å². The second kappa shape index (κ2) is 4.84. The zero-order valence-electron chi connectivity index (χ0n) is 11.6. The van der Waals surface area contributed by atoms with Gasteiger partial charge in [0.2, 0.25) is 5.82 Å². The average molecular weight is 258 g/mol. The molecule has 1 aromatic heterocycles. The maximum absolute atomic E-state index is 11.9. The molecule has 0 saturated heterocycles. The Morgan fingerprint density at radius 1 is 1.21 bits per heavy atom. The van der Waals surface area contributed by atoms with E-state index in [-0.39, 0.29) is 17.1 Å². The average Bonchev–Trinajstić information content (AvgIpc) is 2.75. The van der Waals surface area contributed by atoms with E-state index in [1.54, 1.807) is 6.92 Å². The summed E-state index contributed by atoms with van der Waals surface area (Å²) in [5, 5.41) is 9.23. The molecular weight excluding hydrogens is 240 g/mol. The minimum Gasteiger partial charge on any atom is -0.319 e. The molecule has 1 amide bonds. The largest absolute Gasteiger partial charge is 0.319 e. The van der Waals surface area contributed by atoms with E-state index < -0.39 is 0 Å². The van der Waals surface area contributed by atoms with Gasteiger partial charge in [-0.25, -0.2) is 4.98 Å². The van der Waals surface area contributed by atoms with Gasteiger partial charge in [-0.3, -0.25) is 9.89 Å². The fourth-order valence-corrected chi connectivity index (χ4v) is 1.68. The summed E-state index contributed by atoms with van der Waals surface area (Å²) in [5.74, 6) is 0.457. The molecule has 0 bridgehead atoms. The minimum atomic E-state index is -0.312. The number of hydrogen-bond acceptors (Lipinski definition) is 3. The molecule has 1 heterocycles. The van der Waals surface area contributed by atoms with Gasteiger partial charge in [0.1, 0.15) is 5.82 Å². The van der Waals surface area contributed by atoms with Crippen LogP contribution in [0.25, 0.3) is 0 Å². The third-order valence-electron chi connectivity index (χ3n) is 2.81. The summed E-state index contributed by atoms with van der Waals surface area (Å²) >= 11 is 0. The predicted molar refractivity (Wildman–Crippen MR) is 74.2 cm³/mol. The third kappa shape index (κ3) is 3.19. The molecule has 5 nitrogen and oxygen atoms in total. The van der Waals surface area contributed by atoms with Crippen molar-refractivity contribution in [3.05, 3.63) is 41.5 Å². The maximum Gasteiger partial charge on any atom is 0.295 e. The Balaban J connectivity index is 2.10. The number of anilines is 1. The van der Waals surface area contributed by atoms with E-state index in [0.717, 1.165) is 5.69 Å². The van der Waals surface area contributed by atoms with Gasteiger partial charge >= 0.3 is 0 Å². The molecule has 2 N–H and O–H groups in total. The Labute approximate surface area is 112 Å². The highest BCUT2D eigenvalue weighted by Crippen LogP contribution is 2.23. The first-order valence-electron chi connectivity index (χ1n) is 6.17. The predicted octanol–water partition coefficient (Wildman–Crippen LogP) is 2.66. The van der Waals surface area contributed by atoms with Gasteiger partial charge in [0.25, 0.3) is 5.91 Å². The molecule has 0 atom stereocenters. The van der Waals surface area contributed by atoms with Gasteiger partial charge in [-0.05, 0) is 30.0 Å². The van der Waals surface area contributed by atoms with Gasteiger partial charge in [-0.1, -0.05) is 32.9 Å². The Hall–Kier alpha value is -2.17. The molecule has 2 rings (SSSR count). The molecule has 0 spiro atoms. The van der Waals surface area contributed by atoms with E-state index in [1.165, 1.54) is 5.56 Å². The van der Waals surface area contributed by atoms with Crippen molar-refractivity contribution in [1.82, 2.24) is 15.2 Å². The van der Waals surface area contributed by atoms with Crippen LogP contribution in [-0.4, -0.2) is 21.1 Å². The van der Waals surface area contributed by atoms with Crippen LogP contribution in [0, 0.1) is 6.92 Å². The second-order valence-electron chi connectivity index (χ2n) is 5.53. The molecule has 19 heavy (non-hydrogen) atoms. The number of amides is 1. The lowest BCUT2D eigenvalue weighted by atomic mass is 9.87. The molecule has 2 aromatic rings. The lowest BCUT2D eigenvalue weighted by Gasteiger charge is -2.19. The standard InChI is InChI=1S/C14H18N4O/c1-9-15-12(18-17-9)13(19)16-11-7-5-10(6-8-11)14(2,3)4/h5-8H,1-4H3,(H,16,19)(H,15,17,18). The molecule has 0 unspecified atom stereocenters. The van der Waals surface area contributed by atoms with Gasteiger partial charge in [0.15, 0.2) is 0 Å². The lowest BCUT2D eigenvalue weighted by Crippen LogP contribution is -2.15. The first kappa shape index (κ1) is 13.3. The highest BCUT2D eigenvalue weighted by Gasteiger charge is 2.14. The summed E-state index contributed by atoms with van der Waals surface area (Å²) < 4.78 is 0. The van der Waals surface area contributed by atoms with Crippen molar-refractivity contribution >= 4 is 11.6 Å². The zero-order chi connectivity index (χ0) is 14.0. The van der Waals surface area contributed by atoms with E-state index in [9.17, 15) is 4.79 Å². The van der Waals surface area contributed by atoms with Crippen molar-refractivity contribution < 1.29 is 4.79 Å². The number of nitrogens with zero attached hydrogens (tertiary/aromatic N) is 2. The molecule has 100 valence electrons. The molecule has 0 aliphatic heterocycles. The molecule has 0 aliphatic rings. The summed E-state index contributed by atoms with van der Waals surface area (Å²) in [6.07, 6.45) is 0. The summed E-state index contributed by atoms with van der Waals surface area (Å²) in [5.41, 5.74) is 2.06. The van der Waals surface area contributed by atoms with Gasteiger partial charge in [0, 0.05) is 5.69 Å². The summed E-state index contributed by atoms with van der Waals surface area (Å²) in [7, 11) is 0. The molecule has 0 fully saturated rings. The normalized spacial score (nSPS) is 11.4. The number of H-pyrrole nitrogens is 1. The fourth-order valence-electron chi connectivity index (χ4n) is 1.68. The second-order valence-corrected chi connectivity index (χ2v) is 5.53. The number of benzene rings is 1. The van der Waals surface area contributed by atoms with Gasteiger partial charge in [-0.2, -0.15) is 0 Å². The number of hydrogen-bond donors (Lipinski definition) is 2. The quantitative estimate of drug-likeness (QED) is 0.870. The van der Waals surface area contributed by atoms with E-state index in [0.29, 0.717) is 5.82 Å². The van der Waals surface area contributed by atoms with E-state index in [2.05, 4.69) is 41.3 Å². The highest BCUT2D eigenvalue weighted by molar-refractivity contribution is 6.01. The first-order chi connectivity index (χ1) is 8.86. The smallest absolute Gasteiger partial charge is 0.295 e. The summed E-state index contributed by atoms with van der Waals surface area (Å²) in [4.78, 5) is 15.8. The number of rotatable bonds is 2. The lowest BCUT2D eigenvalue weighted by molar-refractivity contribution is 0.101. The number of aromatic amines is 1. The van der Waals surface area contributed by atoms with Crippen LogP contribution in [0.5, 0.6) is 0 Å². The Kier molecular flexibility index (Phi) is 3.38. The third-order valence-corrected chi connectivity index (χ3v) is 2.81. The summed E-state index contributed by atoms with van der Waals surface area (Å²) in [6.45, 7) is 8.20. The molecule has 0 aliphatic carbocycles. The highest BCUT2D eigenvalue weighted by atomic mass is 16.2. The molecule has 0 radical (unpaired) electrons. The molecular formula is C14H18N4O.